The minimum absolute atomic E-state index is 0.0209. The van der Waals surface area contributed by atoms with Gasteiger partial charge in [0.15, 0.2) is 0 Å². The van der Waals surface area contributed by atoms with Gasteiger partial charge in [0.05, 0.1) is 16.7 Å². The number of fused-ring (bicyclic) bond motifs is 1. The lowest BCUT2D eigenvalue weighted by molar-refractivity contribution is 0.366. The lowest BCUT2D eigenvalue weighted by atomic mass is 10.1. The van der Waals surface area contributed by atoms with E-state index in [1.807, 2.05) is 18.5 Å². The number of aryl methyl sites for hydroxylation is 1. The Kier molecular flexibility index (Phi) is 2.25. The molecular weight excluding hydrogens is 186 g/mol. The van der Waals surface area contributed by atoms with E-state index in [0.29, 0.717) is 0 Å². The highest BCUT2D eigenvalue weighted by atomic mass is 15.3. The Bertz CT molecular complexity index is 477. The van der Waals surface area contributed by atoms with Gasteiger partial charge in [-0.3, -0.25) is 9.67 Å². The van der Waals surface area contributed by atoms with Crippen molar-refractivity contribution in [3.05, 3.63) is 24.2 Å². The summed E-state index contributed by atoms with van der Waals surface area (Å²) in [5.74, 6) is 0. The van der Waals surface area contributed by atoms with Gasteiger partial charge in [-0.2, -0.15) is 5.10 Å². The van der Waals surface area contributed by atoms with Crippen LogP contribution in [0, 0.1) is 0 Å². The molecule has 15 heavy (non-hydrogen) atoms. The molecule has 0 spiro atoms. The Labute approximate surface area is 90.1 Å². The van der Waals surface area contributed by atoms with Crippen molar-refractivity contribution in [2.75, 3.05) is 0 Å². The Hall–Kier alpha value is -1.38. The van der Waals surface area contributed by atoms with Gasteiger partial charge in [0, 0.05) is 17.8 Å². The maximum atomic E-state index is 4.66. The maximum Gasteiger partial charge on any atom is 0.0722 e. The van der Waals surface area contributed by atoms with E-state index in [9.17, 15) is 0 Å². The fraction of sp³-hybridized carbons (Fsp3) is 0.500. The van der Waals surface area contributed by atoms with Crippen molar-refractivity contribution in [3.8, 4) is 0 Å². The van der Waals surface area contributed by atoms with E-state index in [2.05, 4.69) is 42.5 Å². The molecule has 0 fully saturated rings. The first-order chi connectivity index (χ1) is 7.04. The summed E-state index contributed by atoms with van der Waals surface area (Å²) in [6.45, 7) is 8.62. The first kappa shape index (κ1) is 10.1. The van der Waals surface area contributed by atoms with Crippen LogP contribution in [0.2, 0.25) is 0 Å². The molecule has 80 valence electrons. The second-order valence-corrected chi connectivity index (χ2v) is 4.78. The zero-order valence-electron chi connectivity index (χ0n) is 9.78. The third-order valence-corrected chi connectivity index (χ3v) is 2.53. The smallest absolute Gasteiger partial charge is 0.0722 e. The van der Waals surface area contributed by atoms with Crippen LogP contribution in [0.3, 0.4) is 0 Å². The van der Waals surface area contributed by atoms with E-state index in [0.717, 1.165) is 12.1 Å². The molecule has 0 saturated carbocycles. The van der Waals surface area contributed by atoms with Crippen molar-refractivity contribution in [1.82, 2.24) is 14.8 Å². The Morgan fingerprint density at radius 2 is 2.07 bits per heavy atom. The maximum absolute atomic E-state index is 4.66. The van der Waals surface area contributed by atoms with Crippen molar-refractivity contribution in [2.45, 2.75) is 39.7 Å². The Balaban J connectivity index is 2.76. The van der Waals surface area contributed by atoms with Crippen LogP contribution in [0.15, 0.2) is 18.5 Å². The molecule has 2 aromatic rings. The standard InChI is InChI=1S/C12H17N3/c1-5-10-9-8-13-7-6-11(9)15(14-10)12(2,3)4/h6-8H,5H2,1-4H3. The van der Waals surface area contributed by atoms with Crippen LogP contribution >= 0.6 is 0 Å². The predicted octanol–water partition coefficient (Wildman–Crippen LogP) is 2.75. The molecule has 0 aliphatic heterocycles. The number of hydrogen-bond acceptors (Lipinski definition) is 2. The minimum atomic E-state index is 0.0209. The van der Waals surface area contributed by atoms with Gasteiger partial charge in [0.2, 0.25) is 0 Å². The van der Waals surface area contributed by atoms with Crippen LogP contribution in [0.5, 0.6) is 0 Å². The molecule has 0 aliphatic rings. The van der Waals surface area contributed by atoms with Crippen molar-refractivity contribution in [2.24, 2.45) is 0 Å². The molecule has 2 heterocycles. The molecule has 3 nitrogen and oxygen atoms in total. The predicted molar refractivity (Wildman–Crippen MR) is 61.9 cm³/mol. The number of rotatable bonds is 1. The minimum Gasteiger partial charge on any atom is -0.264 e. The second kappa shape index (κ2) is 3.33. The topological polar surface area (TPSA) is 30.7 Å². The molecule has 0 bridgehead atoms. The van der Waals surface area contributed by atoms with Crippen molar-refractivity contribution < 1.29 is 0 Å². The Morgan fingerprint density at radius 3 is 2.67 bits per heavy atom. The zero-order chi connectivity index (χ0) is 11.1. The largest absolute Gasteiger partial charge is 0.264 e. The SMILES string of the molecule is CCc1nn(C(C)(C)C)c2ccncc12. The van der Waals surface area contributed by atoms with E-state index in [1.165, 1.54) is 10.9 Å². The monoisotopic (exact) mass is 203 g/mol. The molecule has 0 N–H and O–H groups in total. The van der Waals surface area contributed by atoms with Gasteiger partial charge in [-0.25, -0.2) is 0 Å². The quantitative estimate of drug-likeness (QED) is 0.713. The highest BCUT2D eigenvalue weighted by Crippen LogP contribution is 2.24. The summed E-state index contributed by atoms with van der Waals surface area (Å²) in [4.78, 5) is 4.16. The lowest BCUT2D eigenvalue weighted by Crippen LogP contribution is -2.23. The normalized spacial score (nSPS) is 12.3. The number of nitrogens with zero attached hydrogens (tertiary/aromatic N) is 3. The fourth-order valence-electron chi connectivity index (χ4n) is 1.80. The molecule has 0 aromatic carbocycles. The van der Waals surface area contributed by atoms with Gasteiger partial charge in [-0.05, 0) is 33.3 Å². The number of pyridine rings is 1. The van der Waals surface area contributed by atoms with Crippen LogP contribution in [0.4, 0.5) is 0 Å². The summed E-state index contributed by atoms with van der Waals surface area (Å²) < 4.78 is 2.09. The summed E-state index contributed by atoms with van der Waals surface area (Å²) in [6, 6.07) is 2.03. The zero-order valence-corrected chi connectivity index (χ0v) is 9.78. The van der Waals surface area contributed by atoms with E-state index < -0.39 is 0 Å². The lowest BCUT2D eigenvalue weighted by Gasteiger charge is -2.20. The molecule has 0 amide bonds. The van der Waals surface area contributed by atoms with E-state index >= 15 is 0 Å². The van der Waals surface area contributed by atoms with E-state index in [-0.39, 0.29) is 5.54 Å². The average molecular weight is 203 g/mol. The molecule has 3 heteroatoms. The third kappa shape index (κ3) is 1.62. The number of hydrogen-bond donors (Lipinski definition) is 0. The van der Waals surface area contributed by atoms with E-state index in [4.69, 9.17) is 0 Å². The average Bonchev–Trinajstić information content (AvgIpc) is 2.55. The Morgan fingerprint density at radius 1 is 1.33 bits per heavy atom. The van der Waals surface area contributed by atoms with Gasteiger partial charge in [-0.1, -0.05) is 6.92 Å². The van der Waals surface area contributed by atoms with Crippen LogP contribution < -0.4 is 0 Å². The molecule has 0 aliphatic carbocycles. The van der Waals surface area contributed by atoms with Gasteiger partial charge in [0.25, 0.3) is 0 Å². The molecule has 0 unspecified atom stereocenters. The summed E-state index contributed by atoms with van der Waals surface area (Å²) in [7, 11) is 0. The number of aromatic nitrogens is 3. The molecule has 2 aromatic heterocycles. The van der Waals surface area contributed by atoms with Crippen LogP contribution in [0.25, 0.3) is 10.9 Å². The summed E-state index contributed by atoms with van der Waals surface area (Å²) in [6.07, 6.45) is 4.68. The van der Waals surface area contributed by atoms with E-state index in [1.54, 1.807) is 0 Å². The second-order valence-electron chi connectivity index (χ2n) is 4.78. The highest BCUT2D eigenvalue weighted by molar-refractivity contribution is 5.81. The van der Waals surface area contributed by atoms with Crippen molar-refractivity contribution >= 4 is 10.9 Å². The van der Waals surface area contributed by atoms with Gasteiger partial charge < -0.3 is 0 Å². The highest BCUT2D eigenvalue weighted by Gasteiger charge is 2.19. The molecule has 0 saturated heterocycles. The van der Waals surface area contributed by atoms with Crippen LogP contribution in [-0.2, 0) is 12.0 Å². The molecular formula is C12H17N3. The van der Waals surface area contributed by atoms with Crippen molar-refractivity contribution in [1.29, 1.82) is 0 Å². The third-order valence-electron chi connectivity index (χ3n) is 2.53. The summed E-state index contributed by atoms with van der Waals surface area (Å²) >= 11 is 0. The molecule has 2 rings (SSSR count). The summed E-state index contributed by atoms with van der Waals surface area (Å²) in [5, 5.41) is 5.83. The summed E-state index contributed by atoms with van der Waals surface area (Å²) in [5.41, 5.74) is 2.33. The van der Waals surface area contributed by atoms with Crippen LogP contribution in [0.1, 0.15) is 33.4 Å². The van der Waals surface area contributed by atoms with Crippen LogP contribution in [-0.4, -0.2) is 14.8 Å². The fourth-order valence-corrected chi connectivity index (χ4v) is 1.80. The van der Waals surface area contributed by atoms with Gasteiger partial charge in [-0.15, -0.1) is 0 Å². The van der Waals surface area contributed by atoms with Gasteiger partial charge in [0.1, 0.15) is 0 Å². The molecule has 0 atom stereocenters. The van der Waals surface area contributed by atoms with Crippen molar-refractivity contribution in [3.63, 3.8) is 0 Å². The first-order valence-corrected chi connectivity index (χ1v) is 5.36. The van der Waals surface area contributed by atoms with Gasteiger partial charge >= 0.3 is 0 Å². The first-order valence-electron chi connectivity index (χ1n) is 5.36. The molecule has 0 radical (unpaired) electrons.